The maximum absolute atomic E-state index is 14.7. The number of rotatable bonds is 6. The van der Waals surface area contributed by atoms with Crippen LogP contribution in [0.2, 0.25) is 0 Å². The lowest BCUT2D eigenvalue weighted by Gasteiger charge is -2.11. The van der Waals surface area contributed by atoms with Crippen LogP contribution in [0.15, 0.2) is 66.7 Å². The van der Waals surface area contributed by atoms with Crippen LogP contribution < -0.4 is 15.8 Å². The normalized spacial score (nSPS) is 14.6. The number of halogens is 1. The molecule has 3 aromatic carbocycles. The van der Waals surface area contributed by atoms with Crippen LogP contribution in [0.5, 0.6) is 11.5 Å². The quantitative estimate of drug-likeness (QED) is 0.451. The van der Waals surface area contributed by atoms with Gasteiger partial charge in [0.05, 0.1) is 7.11 Å². The molecule has 0 bridgehead atoms. The summed E-state index contributed by atoms with van der Waals surface area (Å²) in [6.45, 7) is 0. The molecule has 6 nitrogen and oxygen atoms in total. The third-order valence-electron chi connectivity index (χ3n) is 5.09. The van der Waals surface area contributed by atoms with Gasteiger partial charge in [-0.1, -0.05) is 36.4 Å². The number of amides is 1. The first-order chi connectivity index (χ1) is 15.4. The van der Waals surface area contributed by atoms with Crippen molar-refractivity contribution in [2.75, 3.05) is 12.4 Å². The molecular weight excluding hydrogens is 411 g/mol. The molecule has 0 radical (unpaired) electrons. The van der Waals surface area contributed by atoms with E-state index in [0.717, 1.165) is 16.8 Å². The van der Waals surface area contributed by atoms with Gasteiger partial charge in [-0.05, 0) is 54.0 Å². The van der Waals surface area contributed by atoms with Crippen molar-refractivity contribution < 1.29 is 23.5 Å². The first-order valence-electron chi connectivity index (χ1n) is 9.97. The molecule has 3 N–H and O–H groups in total. The number of esters is 1. The number of carbonyl (C=O) groups is 2. The van der Waals surface area contributed by atoms with E-state index >= 15 is 0 Å². The molecule has 1 heterocycles. The second-order valence-corrected chi connectivity index (χ2v) is 7.33. The number of anilines is 1. The Bertz CT molecular complexity index is 1200. The molecule has 4 rings (SSSR count). The standard InChI is InChI=1S/C25H21FN2O4/c1-31-25(30)21(27)14-15-6-9-17(10-7-15)32-23-11-8-16(13-20(23)26)12-19-18-4-2-3-5-22(18)28-24(19)29/h2-13,21H,14,27H2,1H3,(H,28,29)/t21-/m0/s1. The van der Waals surface area contributed by atoms with E-state index < -0.39 is 17.8 Å². The lowest BCUT2D eigenvalue weighted by molar-refractivity contribution is -0.142. The zero-order valence-electron chi connectivity index (χ0n) is 17.3. The van der Waals surface area contributed by atoms with Crippen LogP contribution in [0.25, 0.3) is 11.6 Å². The molecule has 0 aliphatic carbocycles. The molecule has 0 fully saturated rings. The Labute approximate surface area is 184 Å². The molecule has 1 atom stereocenters. The fourth-order valence-corrected chi connectivity index (χ4v) is 3.45. The van der Waals surface area contributed by atoms with E-state index in [1.54, 1.807) is 36.4 Å². The largest absolute Gasteiger partial charge is 0.468 e. The molecule has 0 aromatic heterocycles. The van der Waals surface area contributed by atoms with Gasteiger partial charge in [-0.3, -0.25) is 9.59 Å². The lowest BCUT2D eigenvalue weighted by Crippen LogP contribution is -2.33. The average Bonchev–Trinajstić information content (AvgIpc) is 3.11. The van der Waals surface area contributed by atoms with E-state index in [1.165, 1.54) is 19.2 Å². The number of nitrogens with two attached hydrogens (primary N) is 1. The molecule has 1 aliphatic rings. The van der Waals surface area contributed by atoms with Gasteiger partial charge in [0.25, 0.3) is 5.91 Å². The van der Waals surface area contributed by atoms with E-state index in [0.29, 0.717) is 23.3 Å². The van der Waals surface area contributed by atoms with Crippen LogP contribution in [0.3, 0.4) is 0 Å². The fraction of sp³-hybridized carbons (Fsp3) is 0.120. The third kappa shape index (κ3) is 4.53. The first kappa shape index (κ1) is 21.3. The highest BCUT2D eigenvalue weighted by Crippen LogP contribution is 2.33. The maximum Gasteiger partial charge on any atom is 0.322 e. The summed E-state index contributed by atoms with van der Waals surface area (Å²) in [6, 6.07) is 18.0. The smallest absolute Gasteiger partial charge is 0.322 e. The fourth-order valence-electron chi connectivity index (χ4n) is 3.45. The molecule has 0 saturated heterocycles. The Balaban J connectivity index is 1.48. The van der Waals surface area contributed by atoms with E-state index in [1.807, 2.05) is 24.3 Å². The summed E-state index contributed by atoms with van der Waals surface area (Å²) in [5.74, 6) is -0.764. The van der Waals surface area contributed by atoms with Crippen molar-refractivity contribution in [3.05, 3.63) is 89.2 Å². The minimum Gasteiger partial charge on any atom is -0.468 e. The van der Waals surface area contributed by atoms with Crippen LogP contribution in [0.1, 0.15) is 16.7 Å². The van der Waals surface area contributed by atoms with Gasteiger partial charge >= 0.3 is 5.97 Å². The lowest BCUT2D eigenvalue weighted by atomic mass is 10.0. The summed E-state index contributed by atoms with van der Waals surface area (Å²) in [5.41, 5.74) is 9.14. The van der Waals surface area contributed by atoms with Gasteiger partial charge in [0.1, 0.15) is 11.8 Å². The summed E-state index contributed by atoms with van der Waals surface area (Å²) in [7, 11) is 1.29. The van der Waals surface area contributed by atoms with Gasteiger partial charge < -0.3 is 20.5 Å². The third-order valence-corrected chi connectivity index (χ3v) is 5.09. The van der Waals surface area contributed by atoms with Gasteiger partial charge in [0.15, 0.2) is 11.6 Å². The average molecular weight is 432 g/mol. The number of fused-ring (bicyclic) bond motifs is 1. The summed E-state index contributed by atoms with van der Waals surface area (Å²) < 4.78 is 24.9. The number of hydrogen-bond donors (Lipinski definition) is 2. The molecule has 32 heavy (non-hydrogen) atoms. The molecule has 1 aliphatic heterocycles. The molecule has 0 spiro atoms. The molecule has 7 heteroatoms. The van der Waals surface area contributed by atoms with E-state index in [-0.39, 0.29) is 11.7 Å². The highest BCUT2D eigenvalue weighted by molar-refractivity contribution is 6.34. The number of benzene rings is 3. The Kier molecular flexibility index (Phi) is 6.00. The van der Waals surface area contributed by atoms with Crippen molar-refractivity contribution in [2.45, 2.75) is 12.5 Å². The van der Waals surface area contributed by atoms with Crippen molar-refractivity contribution in [1.82, 2.24) is 0 Å². The van der Waals surface area contributed by atoms with E-state index in [4.69, 9.17) is 10.5 Å². The topological polar surface area (TPSA) is 90.7 Å². The molecule has 162 valence electrons. The van der Waals surface area contributed by atoms with Gasteiger partial charge in [-0.25, -0.2) is 4.39 Å². The molecule has 0 unspecified atom stereocenters. The van der Waals surface area contributed by atoms with Crippen LogP contribution in [0.4, 0.5) is 10.1 Å². The Morgan fingerprint density at radius 3 is 2.59 bits per heavy atom. The molecule has 1 amide bonds. The van der Waals surface area contributed by atoms with E-state index in [2.05, 4.69) is 10.1 Å². The number of methoxy groups -OCH3 is 1. The Morgan fingerprint density at radius 1 is 1.12 bits per heavy atom. The monoisotopic (exact) mass is 432 g/mol. The summed E-state index contributed by atoms with van der Waals surface area (Å²) in [4.78, 5) is 23.7. The van der Waals surface area contributed by atoms with Gasteiger partial charge in [-0.2, -0.15) is 0 Å². The summed E-state index contributed by atoms with van der Waals surface area (Å²) >= 11 is 0. The minimum atomic E-state index is -0.750. The number of carbonyl (C=O) groups excluding carboxylic acids is 2. The summed E-state index contributed by atoms with van der Waals surface area (Å²) in [6.07, 6.45) is 1.97. The van der Waals surface area contributed by atoms with Crippen LogP contribution in [-0.4, -0.2) is 25.0 Å². The SMILES string of the molecule is COC(=O)[C@@H](N)Cc1ccc(Oc2ccc(C=C3C(=O)Nc4ccccc43)cc2F)cc1. The van der Waals surface area contributed by atoms with Crippen molar-refractivity contribution >= 4 is 29.2 Å². The van der Waals surface area contributed by atoms with Crippen molar-refractivity contribution in [3.63, 3.8) is 0 Å². The maximum atomic E-state index is 14.7. The second kappa shape index (κ2) is 9.03. The zero-order chi connectivity index (χ0) is 22.7. The van der Waals surface area contributed by atoms with Crippen molar-refractivity contribution in [2.24, 2.45) is 5.73 Å². The second-order valence-electron chi connectivity index (χ2n) is 7.33. The number of para-hydroxylation sites is 1. The van der Waals surface area contributed by atoms with Crippen molar-refractivity contribution in [3.8, 4) is 11.5 Å². The molecular formula is C25H21FN2O4. The Morgan fingerprint density at radius 2 is 1.88 bits per heavy atom. The zero-order valence-corrected chi connectivity index (χ0v) is 17.3. The number of hydrogen-bond acceptors (Lipinski definition) is 5. The summed E-state index contributed by atoms with van der Waals surface area (Å²) in [5, 5.41) is 2.79. The number of ether oxygens (including phenoxy) is 2. The van der Waals surface area contributed by atoms with Crippen LogP contribution in [0, 0.1) is 5.82 Å². The molecule has 0 saturated carbocycles. The van der Waals surface area contributed by atoms with Crippen LogP contribution in [-0.2, 0) is 20.7 Å². The highest BCUT2D eigenvalue weighted by Gasteiger charge is 2.23. The molecule has 3 aromatic rings. The number of nitrogens with one attached hydrogen (secondary N) is 1. The predicted octanol–water partition coefficient (Wildman–Crippen LogP) is 4.15. The minimum absolute atomic E-state index is 0.0578. The van der Waals surface area contributed by atoms with E-state index in [9.17, 15) is 14.0 Å². The van der Waals surface area contributed by atoms with Gasteiger partial charge in [-0.15, -0.1) is 0 Å². The van der Waals surface area contributed by atoms with Crippen LogP contribution >= 0.6 is 0 Å². The van der Waals surface area contributed by atoms with Crippen molar-refractivity contribution in [1.29, 1.82) is 0 Å². The van der Waals surface area contributed by atoms with Gasteiger partial charge in [0.2, 0.25) is 0 Å². The highest BCUT2D eigenvalue weighted by atomic mass is 19.1. The van der Waals surface area contributed by atoms with Gasteiger partial charge in [0, 0.05) is 16.8 Å². The Hall–Kier alpha value is -3.97. The first-order valence-corrected chi connectivity index (χ1v) is 9.97. The predicted molar refractivity (Wildman–Crippen MR) is 120 cm³/mol.